The summed E-state index contributed by atoms with van der Waals surface area (Å²) in [6, 6.07) is 10.6. The van der Waals surface area contributed by atoms with Crippen LogP contribution in [0.4, 0.5) is 11.6 Å². The van der Waals surface area contributed by atoms with Gasteiger partial charge in [-0.3, -0.25) is 0 Å². The second-order valence-electron chi connectivity index (χ2n) is 8.69. The molecule has 7 heteroatoms. The first-order chi connectivity index (χ1) is 15.0. The van der Waals surface area contributed by atoms with Gasteiger partial charge in [0.1, 0.15) is 30.1 Å². The average Bonchev–Trinajstić information content (AvgIpc) is 2.77. The van der Waals surface area contributed by atoms with Gasteiger partial charge in [0.25, 0.3) is 0 Å². The summed E-state index contributed by atoms with van der Waals surface area (Å²) in [5.74, 6) is 3.13. The van der Waals surface area contributed by atoms with Crippen LogP contribution in [-0.4, -0.2) is 60.5 Å². The first-order valence-electron chi connectivity index (χ1n) is 11.4. The Morgan fingerprint density at radius 2 is 1.94 bits per heavy atom. The van der Waals surface area contributed by atoms with Crippen LogP contribution in [0.5, 0.6) is 5.75 Å². The fraction of sp³-hybridized carbons (Fsp3) is 0.583. The third-order valence-electron chi connectivity index (χ3n) is 5.61. The molecular formula is C24H37N5O2. The van der Waals surface area contributed by atoms with E-state index in [9.17, 15) is 5.11 Å². The van der Waals surface area contributed by atoms with Crippen LogP contribution < -0.4 is 20.3 Å². The second kappa shape index (κ2) is 11.3. The number of nitrogens with one attached hydrogen (secondary N) is 2. The molecule has 7 nitrogen and oxygen atoms in total. The molecule has 31 heavy (non-hydrogen) atoms. The van der Waals surface area contributed by atoms with Crippen LogP contribution in [0.1, 0.15) is 46.0 Å². The average molecular weight is 428 g/mol. The highest BCUT2D eigenvalue weighted by Gasteiger charge is 2.21. The first-order valence-corrected chi connectivity index (χ1v) is 11.4. The molecule has 1 fully saturated rings. The molecule has 3 rings (SSSR count). The Bertz CT molecular complexity index is 823. The fourth-order valence-electron chi connectivity index (χ4n) is 3.98. The number of aliphatic hydroxyl groups is 1. The number of hydrogen-bond donors (Lipinski definition) is 3. The molecule has 1 heterocycles. The van der Waals surface area contributed by atoms with Crippen LogP contribution in [0, 0.1) is 0 Å². The third-order valence-corrected chi connectivity index (χ3v) is 5.61. The summed E-state index contributed by atoms with van der Waals surface area (Å²) in [4.78, 5) is 12.0. The minimum atomic E-state index is -0.556. The molecule has 1 unspecified atom stereocenters. The lowest BCUT2D eigenvalue weighted by atomic mass is 9.94. The Labute approximate surface area is 186 Å². The van der Waals surface area contributed by atoms with Crippen molar-refractivity contribution in [3.63, 3.8) is 0 Å². The van der Waals surface area contributed by atoms with Gasteiger partial charge in [-0.1, -0.05) is 31.4 Å². The lowest BCUT2D eigenvalue weighted by Crippen LogP contribution is -2.34. The molecule has 0 radical (unpaired) electrons. The monoisotopic (exact) mass is 427 g/mol. The van der Waals surface area contributed by atoms with Crippen molar-refractivity contribution in [1.29, 1.82) is 0 Å². The molecule has 1 aromatic carbocycles. The predicted octanol–water partition coefficient (Wildman–Crippen LogP) is 3.69. The third kappa shape index (κ3) is 6.80. The maximum atomic E-state index is 9.91. The maximum absolute atomic E-state index is 9.91. The summed E-state index contributed by atoms with van der Waals surface area (Å²) in [5.41, 5.74) is 0.895. The maximum Gasteiger partial charge on any atom is 0.163 e. The number of likely N-dealkylation sites (N-methyl/N-ethyl adjacent to an activating group) is 1. The topological polar surface area (TPSA) is 82.5 Å². The number of hydrogen-bond acceptors (Lipinski definition) is 7. The van der Waals surface area contributed by atoms with E-state index in [1.807, 2.05) is 30.3 Å². The highest BCUT2D eigenvalue weighted by Crippen LogP contribution is 2.29. The molecule has 3 N–H and O–H groups in total. The van der Waals surface area contributed by atoms with Gasteiger partial charge in [0.15, 0.2) is 5.82 Å². The molecule has 0 amide bonds. The van der Waals surface area contributed by atoms with E-state index in [-0.39, 0.29) is 12.6 Å². The lowest BCUT2D eigenvalue weighted by Gasteiger charge is -2.32. The van der Waals surface area contributed by atoms with E-state index >= 15 is 0 Å². The van der Waals surface area contributed by atoms with Gasteiger partial charge in [-0.05, 0) is 45.9 Å². The lowest BCUT2D eigenvalue weighted by molar-refractivity contribution is 0.108. The van der Waals surface area contributed by atoms with E-state index in [0.29, 0.717) is 24.2 Å². The van der Waals surface area contributed by atoms with Crippen molar-refractivity contribution in [1.82, 2.24) is 15.3 Å². The SMILES string of the molecule is CNCC(O)COc1cccc(-c2nc(NC(C)C)cc(N(C)C3CCCCC3)n2)c1. The van der Waals surface area contributed by atoms with E-state index < -0.39 is 6.10 Å². The summed E-state index contributed by atoms with van der Waals surface area (Å²) in [6.07, 6.45) is 5.75. The van der Waals surface area contributed by atoms with Gasteiger partial charge in [-0.15, -0.1) is 0 Å². The van der Waals surface area contributed by atoms with Crippen molar-refractivity contribution in [2.24, 2.45) is 0 Å². The van der Waals surface area contributed by atoms with E-state index in [2.05, 4.69) is 36.4 Å². The number of benzene rings is 1. The van der Waals surface area contributed by atoms with Crippen LogP contribution in [-0.2, 0) is 0 Å². The molecule has 170 valence electrons. The smallest absolute Gasteiger partial charge is 0.163 e. The Balaban J connectivity index is 1.86. The molecule has 1 saturated carbocycles. The zero-order chi connectivity index (χ0) is 22.2. The van der Waals surface area contributed by atoms with Gasteiger partial charge in [0.05, 0.1) is 0 Å². The summed E-state index contributed by atoms with van der Waals surface area (Å²) >= 11 is 0. The predicted molar refractivity (Wildman–Crippen MR) is 127 cm³/mol. The number of aromatic nitrogens is 2. The summed E-state index contributed by atoms with van der Waals surface area (Å²) in [7, 11) is 3.95. The van der Waals surface area contributed by atoms with Crippen molar-refractivity contribution in [2.45, 2.75) is 64.1 Å². The number of ether oxygens (including phenoxy) is 1. The quantitative estimate of drug-likeness (QED) is 0.533. The molecule has 1 atom stereocenters. The van der Waals surface area contributed by atoms with Crippen molar-refractivity contribution in [2.75, 3.05) is 37.5 Å². The van der Waals surface area contributed by atoms with E-state index in [1.165, 1.54) is 32.1 Å². The number of rotatable bonds is 10. The number of nitrogens with zero attached hydrogens (tertiary/aromatic N) is 3. The Kier molecular flexibility index (Phi) is 8.49. The molecule has 0 bridgehead atoms. The van der Waals surface area contributed by atoms with Gasteiger partial charge in [-0.25, -0.2) is 9.97 Å². The molecule has 0 spiro atoms. The zero-order valence-corrected chi connectivity index (χ0v) is 19.3. The minimum Gasteiger partial charge on any atom is -0.491 e. The van der Waals surface area contributed by atoms with Crippen molar-refractivity contribution < 1.29 is 9.84 Å². The van der Waals surface area contributed by atoms with Crippen LogP contribution in [0.3, 0.4) is 0 Å². The fourth-order valence-corrected chi connectivity index (χ4v) is 3.98. The van der Waals surface area contributed by atoms with Crippen LogP contribution >= 0.6 is 0 Å². The van der Waals surface area contributed by atoms with Crippen molar-refractivity contribution >= 4 is 11.6 Å². The Hall–Kier alpha value is -2.38. The first kappa shape index (κ1) is 23.3. The standard InChI is InChI=1S/C24H37N5O2/c1-17(2)26-22-14-23(29(4)19-10-6-5-7-11-19)28-24(27-22)18-9-8-12-21(13-18)31-16-20(30)15-25-3/h8-9,12-14,17,19-20,25,30H,5-7,10-11,15-16H2,1-4H3,(H,26,27,28). The van der Waals surface area contributed by atoms with E-state index in [4.69, 9.17) is 14.7 Å². The number of anilines is 2. The Morgan fingerprint density at radius 1 is 1.16 bits per heavy atom. The normalized spacial score (nSPS) is 15.7. The molecule has 0 aliphatic heterocycles. The van der Waals surface area contributed by atoms with Crippen molar-refractivity contribution in [3.05, 3.63) is 30.3 Å². The Morgan fingerprint density at radius 3 is 2.65 bits per heavy atom. The van der Waals surface area contributed by atoms with Crippen LogP contribution in [0.2, 0.25) is 0 Å². The van der Waals surface area contributed by atoms with Gasteiger partial charge < -0.3 is 25.4 Å². The molecule has 1 aromatic heterocycles. The highest BCUT2D eigenvalue weighted by atomic mass is 16.5. The molecule has 2 aromatic rings. The summed E-state index contributed by atoms with van der Waals surface area (Å²) in [5, 5.41) is 16.3. The largest absolute Gasteiger partial charge is 0.491 e. The molecule has 1 aliphatic carbocycles. The summed E-state index contributed by atoms with van der Waals surface area (Å²) in [6.45, 7) is 4.94. The van der Waals surface area contributed by atoms with E-state index in [0.717, 1.165) is 17.2 Å². The van der Waals surface area contributed by atoms with Gasteiger partial charge in [0.2, 0.25) is 0 Å². The van der Waals surface area contributed by atoms with Gasteiger partial charge in [0, 0.05) is 37.3 Å². The highest BCUT2D eigenvalue weighted by molar-refractivity contribution is 5.63. The van der Waals surface area contributed by atoms with Crippen LogP contribution in [0.25, 0.3) is 11.4 Å². The molecular weight excluding hydrogens is 390 g/mol. The molecule has 1 aliphatic rings. The van der Waals surface area contributed by atoms with Gasteiger partial charge in [-0.2, -0.15) is 0 Å². The molecule has 0 saturated heterocycles. The zero-order valence-electron chi connectivity index (χ0n) is 19.3. The summed E-state index contributed by atoms with van der Waals surface area (Å²) < 4.78 is 5.78. The van der Waals surface area contributed by atoms with Gasteiger partial charge >= 0.3 is 0 Å². The minimum absolute atomic E-state index is 0.232. The second-order valence-corrected chi connectivity index (χ2v) is 8.69. The van der Waals surface area contributed by atoms with Crippen LogP contribution in [0.15, 0.2) is 30.3 Å². The number of aliphatic hydroxyl groups excluding tert-OH is 1. The van der Waals surface area contributed by atoms with Crippen molar-refractivity contribution in [3.8, 4) is 17.1 Å². The van der Waals surface area contributed by atoms with E-state index in [1.54, 1.807) is 7.05 Å².